The second-order valence-corrected chi connectivity index (χ2v) is 12.9. The molecule has 4 heterocycles. The zero-order valence-corrected chi connectivity index (χ0v) is 27.0. The molecule has 5 heteroatoms. The number of fused-ring (bicyclic) bond motifs is 6. The molecule has 0 saturated heterocycles. The Morgan fingerprint density at radius 2 is 1.34 bits per heavy atom. The molecule has 5 nitrogen and oxygen atoms in total. The first-order valence-corrected chi connectivity index (χ1v) is 16.9. The SMILES string of the molecule is CCCCC1(CCCC)c2ccc(-c3cc(-c4ccccn4)cc(-n4c5ccccc5c5ccccc54)c3)nc2-c2c1ccc[n+]2O. The fourth-order valence-electron chi connectivity index (χ4n) is 7.84. The second kappa shape index (κ2) is 11.8. The van der Waals surface area contributed by atoms with Crippen molar-refractivity contribution in [2.24, 2.45) is 0 Å². The monoisotopic (exact) mass is 615 g/mol. The van der Waals surface area contributed by atoms with Gasteiger partial charge >= 0.3 is 0 Å². The van der Waals surface area contributed by atoms with Crippen LogP contribution in [0.2, 0.25) is 0 Å². The lowest BCUT2D eigenvalue weighted by molar-refractivity contribution is -0.896. The topological polar surface area (TPSA) is 54.8 Å². The molecule has 0 saturated carbocycles. The summed E-state index contributed by atoms with van der Waals surface area (Å²) in [7, 11) is 0. The summed E-state index contributed by atoms with van der Waals surface area (Å²) in [5, 5.41) is 13.7. The highest BCUT2D eigenvalue weighted by Crippen LogP contribution is 2.52. The van der Waals surface area contributed by atoms with E-state index in [1.54, 1.807) is 6.20 Å². The lowest BCUT2D eigenvalue weighted by Gasteiger charge is -2.31. The first-order valence-electron chi connectivity index (χ1n) is 16.9. The number of benzene rings is 3. The van der Waals surface area contributed by atoms with Crippen molar-refractivity contribution in [3.63, 3.8) is 0 Å². The Balaban J connectivity index is 1.37. The van der Waals surface area contributed by atoms with E-state index >= 15 is 0 Å². The van der Waals surface area contributed by atoms with Gasteiger partial charge in [-0.3, -0.25) is 10.2 Å². The van der Waals surface area contributed by atoms with Crippen molar-refractivity contribution in [3.8, 4) is 39.6 Å². The maximum absolute atomic E-state index is 11.3. The van der Waals surface area contributed by atoms with Gasteiger partial charge in [-0.1, -0.05) is 88.1 Å². The van der Waals surface area contributed by atoms with Gasteiger partial charge in [0.2, 0.25) is 6.20 Å². The predicted octanol–water partition coefficient (Wildman–Crippen LogP) is 10.1. The zero-order valence-electron chi connectivity index (χ0n) is 27.0. The van der Waals surface area contributed by atoms with Gasteiger partial charge in [-0.15, -0.1) is 0 Å². The number of nitrogens with zero attached hydrogens (tertiary/aromatic N) is 4. The maximum atomic E-state index is 11.3. The van der Waals surface area contributed by atoms with Gasteiger partial charge in [0.05, 0.1) is 22.4 Å². The van der Waals surface area contributed by atoms with Crippen molar-refractivity contribution in [2.45, 2.75) is 57.8 Å². The number of unbranched alkanes of at least 4 members (excludes halogenated alkanes) is 2. The van der Waals surface area contributed by atoms with Crippen LogP contribution in [0.25, 0.3) is 61.4 Å². The summed E-state index contributed by atoms with van der Waals surface area (Å²) in [5.74, 6) is 0. The lowest BCUT2D eigenvalue weighted by atomic mass is 9.71. The van der Waals surface area contributed by atoms with E-state index in [1.807, 2.05) is 24.4 Å². The Morgan fingerprint density at radius 3 is 2.00 bits per heavy atom. The van der Waals surface area contributed by atoms with Crippen LogP contribution in [-0.2, 0) is 5.41 Å². The van der Waals surface area contributed by atoms with Crippen LogP contribution in [-0.4, -0.2) is 19.7 Å². The van der Waals surface area contributed by atoms with Gasteiger partial charge in [0.25, 0.3) is 5.69 Å². The Bertz CT molecular complexity index is 2190. The lowest BCUT2D eigenvalue weighted by Crippen LogP contribution is -2.34. The number of aromatic nitrogens is 4. The summed E-state index contributed by atoms with van der Waals surface area (Å²) in [4.78, 5) is 10.1. The summed E-state index contributed by atoms with van der Waals surface area (Å²) in [6.45, 7) is 4.51. The summed E-state index contributed by atoms with van der Waals surface area (Å²) in [5.41, 5.74) is 11.2. The van der Waals surface area contributed by atoms with Gasteiger partial charge in [-0.2, -0.15) is 0 Å². The quantitative estimate of drug-likeness (QED) is 0.130. The maximum Gasteiger partial charge on any atom is 0.287 e. The molecule has 232 valence electrons. The normalized spacial score (nSPS) is 13.2. The molecule has 0 aliphatic heterocycles. The van der Waals surface area contributed by atoms with E-state index in [-0.39, 0.29) is 5.41 Å². The summed E-state index contributed by atoms with van der Waals surface area (Å²) >= 11 is 0. The summed E-state index contributed by atoms with van der Waals surface area (Å²) in [6.07, 6.45) is 10.2. The van der Waals surface area contributed by atoms with Crippen LogP contribution in [0.3, 0.4) is 0 Å². The van der Waals surface area contributed by atoms with E-state index in [0.717, 1.165) is 89.1 Å². The van der Waals surface area contributed by atoms with Gasteiger partial charge in [0.15, 0.2) is 0 Å². The van der Waals surface area contributed by atoms with Crippen LogP contribution in [0.15, 0.2) is 122 Å². The Kier molecular flexibility index (Phi) is 7.32. The molecule has 0 amide bonds. The van der Waals surface area contributed by atoms with Crippen molar-refractivity contribution < 1.29 is 9.94 Å². The van der Waals surface area contributed by atoms with Crippen LogP contribution in [0.5, 0.6) is 0 Å². The van der Waals surface area contributed by atoms with E-state index in [9.17, 15) is 5.21 Å². The van der Waals surface area contributed by atoms with Crippen molar-refractivity contribution in [1.82, 2.24) is 14.5 Å². The molecule has 8 rings (SSSR count). The summed E-state index contributed by atoms with van der Waals surface area (Å²) in [6, 6.07) is 38.6. The molecule has 0 radical (unpaired) electrons. The van der Waals surface area contributed by atoms with Crippen molar-refractivity contribution in [1.29, 1.82) is 0 Å². The summed E-state index contributed by atoms with van der Waals surface area (Å²) < 4.78 is 3.64. The van der Waals surface area contributed by atoms with E-state index in [1.165, 1.54) is 26.6 Å². The molecular formula is C42H39N4O+. The largest absolute Gasteiger partial charge is 0.309 e. The number of pyridine rings is 3. The minimum atomic E-state index is -0.155. The van der Waals surface area contributed by atoms with Crippen LogP contribution in [0.1, 0.15) is 63.5 Å². The molecule has 1 N–H and O–H groups in total. The fourth-order valence-corrected chi connectivity index (χ4v) is 7.84. The highest BCUT2D eigenvalue weighted by atomic mass is 16.5. The predicted molar refractivity (Wildman–Crippen MR) is 190 cm³/mol. The van der Waals surface area contributed by atoms with Crippen LogP contribution in [0.4, 0.5) is 0 Å². The van der Waals surface area contributed by atoms with Crippen molar-refractivity contribution in [2.75, 3.05) is 0 Å². The molecule has 3 aromatic carbocycles. The smallest absolute Gasteiger partial charge is 0.287 e. The van der Waals surface area contributed by atoms with Gasteiger partial charge in [0, 0.05) is 55.6 Å². The fraction of sp³-hybridized carbons (Fsp3) is 0.214. The van der Waals surface area contributed by atoms with E-state index < -0.39 is 0 Å². The van der Waals surface area contributed by atoms with Crippen LogP contribution >= 0.6 is 0 Å². The zero-order chi connectivity index (χ0) is 32.0. The van der Waals surface area contributed by atoms with E-state index in [4.69, 9.17) is 9.97 Å². The number of rotatable bonds is 9. The minimum Gasteiger partial charge on any atom is -0.309 e. The molecular weight excluding hydrogens is 576 g/mol. The molecule has 4 aromatic heterocycles. The third-order valence-corrected chi connectivity index (χ3v) is 10.1. The average molecular weight is 616 g/mol. The highest BCUT2D eigenvalue weighted by Gasteiger charge is 2.48. The Morgan fingerprint density at radius 1 is 0.681 bits per heavy atom. The number of hydrogen-bond donors (Lipinski definition) is 1. The highest BCUT2D eigenvalue weighted by molar-refractivity contribution is 6.09. The van der Waals surface area contributed by atoms with Crippen molar-refractivity contribution in [3.05, 3.63) is 133 Å². The molecule has 0 bridgehead atoms. The standard InChI is InChI=1S/C42H39N4O/c1-3-5-22-42(23-6-4-2)34-20-21-37(44-40(34)41-35(42)16-13-25-45(41)47)30-26-29(36-17-11-12-24-43-36)27-31(28-30)46-38-18-9-7-14-32(38)33-15-8-10-19-39(33)46/h7-21,24-28,47H,3-6,22-23H2,1-2H3/q+1. The third kappa shape index (κ3) is 4.72. The van der Waals surface area contributed by atoms with Crippen molar-refractivity contribution >= 4 is 21.8 Å². The second-order valence-electron chi connectivity index (χ2n) is 12.9. The minimum absolute atomic E-state index is 0.155. The molecule has 0 fully saturated rings. The van der Waals surface area contributed by atoms with E-state index in [0.29, 0.717) is 0 Å². The van der Waals surface area contributed by atoms with E-state index in [2.05, 4.69) is 109 Å². The molecule has 1 aliphatic carbocycles. The third-order valence-electron chi connectivity index (χ3n) is 10.1. The number of para-hydroxylation sites is 2. The van der Waals surface area contributed by atoms with Gasteiger partial charge in [-0.25, -0.2) is 4.98 Å². The van der Waals surface area contributed by atoms with Crippen LogP contribution in [0, 0.1) is 0 Å². The number of hydrogen-bond acceptors (Lipinski definition) is 3. The Labute approximate surface area is 275 Å². The van der Waals surface area contributed by atoms with Gasteiger partial charge in [0.1, 0.15) is 5.69 Å². The molecule has 47 heavy (non-hydrogen) atoms. The molecule has 0 unspecified atom stereocenters. The first-order chi connectivity index (χ1) is 23.1. The molecule has 7 aromatic rings. The molecule has 0 spiro atoms. The molecule has 0 atom stereocenters. The molecule has 1 aliphatic rings. The Hall–Kier alpha value is -5.29. The van der Waals surface area contributed by atoms with Gasteiger partial charge in [-0.05, 0) is 73.0 Å². The first kappa shape index (κ1) is 29.1. The average Bonchev–Trinajstić information content (AvgIpc) is 3.61. The van der Waals surface area contributed by atoms with Gasteiger partial charge < -0.3 is 4.57 Å². The van der Waals surface area contributed by atoms with Crippen LogP contribution < -0.4 is 4.73 Å².